The van der Waals surface area contributed by atoms with E-state index in [0.717, 1.165) is 10.0 Å². The quantitative estimate of drug-likeness (QED) is 0.379. The number of halogens is 2. The van der Waals surface area contributed by atoms with Gasteiger partial charge in [-0.15, -0.1) is 0 Å². The van der Waals surface area contributed by atoms with Gasteiger partial charge in [-0.1, -0.05) is 57.0 Å². The van der Waals surface area contributed by atoms with E-state index < -0.39 is 0 Å². The summed E-state index contributed by atoms with van der Waals surface area (Å²) in [6.07, 6.45) is 0. The number of rotatable bonds is 4. The van der Waals surface area contributed by atoms with Crippen LogP contribution in [0.3, 0.4) is 0 Å². The first kappa shape index (κ1) is 14.7. The first-order chi connectivity index (χ1) is 9.61. The van der Waals surface area contributed by atoms with Crippen molar-refractivity contribution in [3.05, 3.63) is 63.1 Å². The van der Waals surface area contributed by atoms with Crippen molar-refractivity contribution in [2.24, 2.45) is 10.9 Å². The Labute approximate surface area is 129 Å². The molecule has 0 heterocycles. The average molecular weight is 356 g/mol. The largest absolute Gasteiger partial charge is 0.487 e. The minimum atomic E-state index is 0.0459. The van der Waals surface area contributed by atoms with Crippen LogP contribution >= 0.6 is 27.5 Å². The minimum Gasteiger partial charge on any atom is -0.487 e. The molecule has 0 spiro atoms. The molecule has 3 N–H and O–H groups in total. The van der Waals surface area contributed by atoms with E-state index in [1.54, 1.807) is 18.2 Å². The highest BCUT2D eigenvalue weighted by Crippen LogP contribution is 2.28. The molecule has 0 radical (unpaired) electrons. The molecule has 0 fully saturated rings. The number of benzene rings is 2. The van der Waals surface area contributed by atoms with Crippen molar-refractivity contribution >= 4 is 33.4 Å². The van der Waals surface area contributed by atoms with Crippen molar-refractivity contribution in [1.82, 2.24) is 0 Å². The normalized spacial score (nSPS) is 11.4. The van der Waals surface area contributed by atoms with Crippen LogP contribution in [-0.4, -0.2) is 11.0 Å². The number of nitrogens with zero attached hydrogens (tertiary/aromatic N) is 1. The van der Waals surface area contributed by atoms with Gasteiger partial charge in [0.25, 0.3) is 0 Å². The summed E-state index contributed by atoms with van der Waals surface area (Å²) >= 11 is 9.42. The second-order valence-corrected chi connectivity index (χ2v) is 5.33. The van der Waals surface area contributed by atoms with Crippen LogP contribution in [0.25, 0.3) is 0 Å². The molecule has 2 rings (SSSR count). The third kappa shape index (κ3) is 3.43. The molecular formula is C14H12BrClN2O2. The van der Waals surface area contributed by atoms with Crippen LogP contribution in [0, 0.1) is 0 Å². The molecule has 0 aliphatic carbocycles. The number of ether oxygens (including phenoxy) is 1. The highest BCUT2D eigenvalue weighted by atomic mass is 79.9. The average Bonchev–Trinajstić information content (AvgIpc) is 2.47. The van der Waals surface area contributed by atoms with Gasteiger partial charge >= 0.3 is 0 Å². The topological polar surface area (TPSA) is 67.8 Å². The molecule has 104 valence electrons. The van der Waals surface area contributed by atoms with Gasteiger partial charge in [0.1, 0.15) is 12.4 Å². The number of oxime groups is 1. The highest BCUT2D eigenvalue weighted by Gasteiger charge is 2.08. The molecule has 4 nitrogen and oxygen atoms in total. The van der Waals surface area contributed by atoms with Crippen LogP contribution in [0.1, 0.15) is 11.1 Å². The van der Waals surface area contributed by atoms with Gasteiger partial charge in [0.05, 0.1) is 5.02 Å². The van der Waals surface area contributed by atoms with Gasteiger partial charge in [-0.3, -0.25) is 0 Å². The van der Waals surface area contributed by atoms with Crippen LogP contribution < -0.4 is 10.5 Å². The summed E-state index contributed by atoms with van der Waals surface area (Å²) in [5, 5.41) is 12.3. The first-order valence-electron chi connectivity index (χ1n) is 5.75. The van der Waals surface area contributed by atoms with Gasteiger partial charge in [-0.2, -0.15) is 0 Å². The summed E-state index contributed by atoms with van der Waals surface area (Å²) in [6.45, 7) is 0.266. The van der Waals surface area contributed by atoms with Crippen LogP contribution in [0.4, 0.5) is 0 Å². The van der Waals surface area contributed by atoms with E-state index in [0.29, 0.717) is 16.3 Å². The first-order valence-corrected chi connectivity index (χ1v) is 6.92. The van der Waals surface area contributed by atoms with Crippen molar-refractivity contribution in [1.29, 1.82) is 0 Å². The molecule has 0 atom stereocenters. The van der Waals surface area contributed by atoms with Crippen LogP contribution in [0.2, 0.25) is 5.02 Å². The fourth-order valence-corrected chi connectivity index (χ4v) is 2.21. The molecule has 2 aromatic carbocycles. The van der Waals surface area contributed by atoms with E-state index in [2.05, 4.69) is 21.1 Å². The number of hydrogen-bond donors (Lipinski definition) is 2. The predicted molar refractivity (Wildman–Crippen MR) is 82.4 cm³/mol. The number of hydrogen-bond acceptors (Lipinski definition) is 3. The Hall–Kier alpha value is -1.72. The standard InChI is InChI=1S/C14H12BrClN2O2/c15-10-5-6-12(16)13(7-10)20-8-9-3-1-2-4-11(9)14(17)18-19/h1-7,19H,8H2,(H2,17,18). The molecule has 0 bridgehead atoms. The molecule has 0 unspecified atom stereocenters. The van der Waals surface area contributed by atoms with Gasteiger partial charge in [0.2, 0.25) is 0 Å². The Bertz CT molecular complexity index is 647. The monoisotopic (exact) mass is 354 g/mol. The van der Waals surface area contributed by atoms with E-state index in [1.807, 2.05) is 24.3 Å². The summed E-state index contributed by atoms with van der Waals surface area (Å²) in [4.78, 5) is 0. The van der Waals surface area contributed by atoms with Crippen molar-refractivity contribution in [2.75, 3.05) is 0 Å². The van der Waals surface area contributed by atoms with Crippen LogP contribution in [0.5, 0.6) is 5.75 Å². The Kier molecular flexibility index (Phi) is 4.87. The summed E-state index contributed by atoms with van der Waals surface area (Å²) < 4.78 is 6.56. The zero-order chi connectivity index (χ0) is 14.5. The van der Waals surface area contributed by atoms with E-state index in [-0.39, 0.29) is 12.4 Å². The fraction of sp³-hybridized carbons (Fsp3) is 0.0714. The molecule has 0 saturated carbocycles. The summed E-state index contributed by atoms with van der Waals surface area (Å²) in [5.41, 5.74) is 7.06. The fourth-order valence-electron chi connectivity index (χ4n) is 1.69. The lowest BCUT2D eigenvalue weighted by molar-refractivity contribution is 0.305. The summed E-state index contributed by atoms with van der Waals surface area (Å²) in [5.74, 6) is 0.611. The third-order valence-corrected chi connectivity index (χ3v) is 3.48. The van der Waals surface area contributed by atoms with Gasteiger partial charge < -0.3 is 15.7 Å². The third-order valence-electron chi connectivity index (χ3n) is 2.68. The molecule has 0 aliphatic rings. The van der Waals surface area contributed by atoms with Crippen LogP contribution in [0.15, 0.2) is 52.1 Å². The molecule has 0 amide bonds. The van der Waals surface area contributed by atoms with Gasteiger partial charge in [-0.25, -0.2) is 0 Å². The van der Waals surface area contributed by atoms with Gasteiger partial charge in [0, 0.05) is 15.6 Å². The zero-order valence-corrected chi connectivity index (χ0v) is 12.7. The molecule has 0 saturated heterocycles. The SMILES string of the molecule is NC(=NO)c1ccccc1COc1cc(Br)ccc1Cl. The van der Waals surface area contributed by atoms with Crippen molar-refractivity contribution in [2.45, 2.75) is 6.61 Å². The lowest BCUT2D eigenvalue weighted by Gasteiger charge is -2.11. The van der Waals surface area contributed by atoms with E-state index >= 15 is 0 Å². The lowest BCUT2D eigenvalue weighted by Crippen LogP contribution is -2.16. The maximum absolute atomic E-state index is 8.77. The summed E-state index contributed by atoms with van der Waals surface area (Å²) in [7, 11) is 0. The maximum Gasteiger partial charge on any atom is 0.170 e. The van der Waals surface area contributed by atoms with Gasteiger partial charge in [-0.05, 0) is 18.2 Å². The van der Waals surface area contributed by atoms with E-state index in [9.17, 15) is 0 Å². The Morgan fingerprint density at radius 1 is 1.30 bits per heavy atom. The van der Waals surface area contributed by atoms with Crippen molar-refractivity contribution in [3.8, 4) is 5.75 Å². The molecular weight excluding hydrogens is 344 g/mol. The minimum absolute atomic E-state index is 0.0459. The second kappa shape index (κ2) is 6.63. The number of nitrogens with two attached hydrogens (primary N) is 1. The highest BCUT2D eigenvalue weighted by molar-refractivity contribution is 9.10. The van der Waals surface area contributed by atoms with E-state index in [1.165, 1.54) is 0 Å². The predicted octanol–water partition coefficient (Wildman–Crippen LogP) is 3.78. The van der Waals surface area contributed by atoms with E-state index in [4.69, 9.17) is 27.3 Å². The molecule has 2 aromatic rings. The number of amidine groups is 1. The molecule has 20 heavy (non-hydrogen) atoms. The maximum atomic E-state index is 8.77. The molecule has 0 aromatic heterocycles. The smallest absolute Gasteiger partial charge is 0.170 e. The zero-order valence-electron chi connectivity index (χ0n) is 10.4. The summed E-state index contributed by atoms with van der Waals surface area (Å²) in [6, 6.07) is 12.6. The van der Waals surface area contributed by atoms with Crippen molar-refractivity contribution < 1.29 is 9.94 Å². The Morgan fingerprint density at radius 3 is 2.80 bits per heavy atom. The molecule has 6 heteroatoms. The second-order valence-electron chi connectivity index (χ2n) is 4.01. The van der Waals surface area contributed by atoms with Gasteiger partial charge in [0.15, 0.2) is 5.84 Å². The molecule has 0 aliphatic heterocycles. The Morgan fingerprint density at radius 2 is 2.05 bits per heavy atom. The lowest BCUT2D eigenvalue weighted by atomic mass is 10.1. The Balaban J connectivity index is 2.21. The van der Waals surface area contributed by atoms with Crippen molar-refractivity contribution in [3.63, 3.8) is 0 Å². The van der Waals surface area contributed by atoms with Crippen LogP contribution in [-0.2, 0) is 6.61 Å².